The number of hydrogen-bond donors (Lipinski definition) is 1. The maximum Gasteiger partial charge on any atom is 0.243 e. The van der Waals surface area contributed by atoms with Crippen molar-refractivity contribution in [2.24, 2.45) is 5.92 Å². The van der Waals surface area contributed by atoms with Crippen LogP contribution in [0.3, 0.4) is 0 Å². The third kappa shape index (κ3) is 3.34. The van der Waals surface area contributed by atoms with E-state index in [1.165, 1.54) is 6.42 Å². The van der Waals surface area contributed by atoms with Crippen LogP contribution in [-0.2, 0) is 9.53 Å². The molecule has 2 aliphatic heterocycles. The summed E-state index contributed by atoms with van der Waals surface area (Å²) in [6.07, 6.45) is 5.70. The van der Waals surface area contributed by atoms with Crippen LogP contribution in [0.5, 0.6) is 0 Å². The summed E-state index contributed by atoms with van der Waals surface area (Å²) >= 11 is 0. The van der Waals surface area contributed by atoms with E-state index in [4.69, 9.17) is 4.74 Å². The monoisotopic (exact) mass is 282 g/mol. The highest BCUT2D eigenvalue weighted by atomic mass is 16.5. The minimum atomic E-state index is -0.395. The fourth-order valence-corrected chi connectivity index (χ4v) is 3.23. The number of hydrogen-bond acceptors (Lipinski definition) is 3. The molecule has 0 aromatic heterocycles. The number of rotatable bonds is 5. The van der Waals surface area contributed by atoms with Gasteiger partial charge in [0.15, 0.2) is 0 Å². The molecule has 2 rings (SSSR count). The largest absolute Gasteiger partial charge is 0.376 e. The van der Waals surface area contributed by atoms with Crippen molar-refractivity contribution in [3.05, 3.63) is 0 Å². The van der Waals surface area contributed by atoms with Crippen LogP contribution in [0.4, 0.5) is 0 Å². The molecular formula is C16H30N2O2. The highest BCUT2D eigenvalue weighted by Gasteiger charge is 2.47. The first-order chi connectivity index (χ1) is 9.46. The van der Waals surface area contributed by atoms with E-state index in [9.17, 15) is 4.79 Å². The molecule has 1 amide bonds. The highest BCUT2D eigenvalue weighted by Crippen LogP contribution is 2.28. The molecule has 3 atom stereocenters. The lowest BCUT2D eigenvalue weighted by Crippen LogP contribution is -2.44. The molecule has 0 bridgehead atoms. The Morgan fingerprint density at radius 3 is 2.75 bits per heavy atom. The van der Waals surface area contributed by atoms with Gasteiger partial charge in [0.25, 0.3) is 0 Å². The number of amides is 1. The molecule has 116 valence electrons. The zero-order valence-corrected chi connectivity index (χ0v) is 13.4. The fourth-order valence-electron chi connectivity index (χ4n) is 3.23. The van der Waals surface area contributed by atoms with Crippen LogP contribution in [0.2, 0.25) is 0 Å². The molecule has 2 aliphatic rings. The van der Waals surface area contributed by atoms with Crippen molar-refractivity contribution in [3.63, 3.8) is 0 Å². The van der Waals surface area contributed by atoms with Crippen molar-refractivity contribution in [1.82, 2.24) is 10.2 Å². The van der Waals surface area contributed by atoms with Gasteiger partial charge in [0.1, 0.15) is 0 Å². The molecule has 4 nitrogen and oxygen atoms in total. The minimum absolute atomic E-state index is 0.165. The minimum Gasteiger partial charge on any atom is -0.376 e. The molecule has 0 spiro atoms. The van der Waals surface area contributed by atoms with Gasteiger partial charge in [-0.3, -0.25) is 10.1 Å². The summed E-state index contributed by atoms with van der Waals surface area (Å²) in [6.45, 7) is 10.1. The molecule has 0 aliphatic carbocycles. The van der Waals surface area contributed by atoms with Crippen LogP contribution in [0.15, 0.2) is 0 Å². The van der Waals surface area contributed by atoms with Gasteiger partial charge in [0, 0.05) is 13.2 Å². The molecule has 0 radical (unpaired) electrons. The Balaban J connectivity index is 2.06. The molecule has 3 unspecified atom stereocenters. The van der Waals surface area contributed by atoms with E-state index >= 15 is 0 Å². The van der Waals surface area contributed by atoms with Crippen LogP contribution < -0.4 is 5.32 Å². The zero-order valence-electron chi connectivity index (χ0n) is 13.4. The lowest BCUT2D eigenvalue weighted by atomic mass is 9.99. The van der Waals surface area contributed by atoms with E-state index in [1.807, 2.05) is 11.8 Å². The van der Waals surface area contributed by atoms with Crippen molar-refractivity contribution in [2.45, 2.75) is 77.6 Å². The maximum atomic E-state index is 12.7. The van der Waals surface area contributed by atoms with Gasteiger partial charge in [-0.2, -0.15) is 0 Å². The molecule has 20 heavy (non-hydrogen) atoms. The molecule has 4 heteroatoms. The van der Waals surface area contributed by atoms with Crippen LogP contribution in [0, 0.1) is 5.92 Å². The Morgan fingerprint density at radius 2 is 2.20 bits per heavy atom. The molecule has 0 aromatic rings. The van der Waals surface area contributed by atoms with Crippen LogP contribution in [0.1, 0.15) is 59.8 Å². The summed E-state index contributed by atoms with van der Waals surface area (Å²) in [5.41, 5.74) is -0.395. The van der Waals surface area contributed by atoms with Crippen molar-refractivity contribution in [2.75, 3.05) is 13.2 Å². The van der Waals surface area contributed by atoms with Crippen molar-refractivity contribution in [1.29, 1.82) is 0 Å². The molecule has 2 saturated heterocycles. The second-order valence-electron chi connectivity index (χ2n) is 6.92. The summed E-state index contributed by atoms with van der Waals surface area (Å²) in [5.74, 6) is 0.828. The van der Waals surface area contributed by atoms with E-state index in [2.05, 4.69) is 26.1 Å². The average Bonchev–Trinajstić information content (AvgIpc) is 2.65. The molecule has 2 heterocycles. The van der Waals surface area contributed by atoms with Crippen molar-refractivity contribution >= 4 is 5.91 Å². The number of ether oxygens (including phenoxy) is 1. The standard InChI is InChI=1S/C16H30N2O2/c1-5-16(4)15(19)18(14(17-16)10-12(2)3)11-13-8-6-7-9-20-13/h12-14,17H,5-11H2,1-4H3. The van der Waals surface area contributed by atoms with Crippen LogP contribution >= 0.6 is 0 Å². The third-order valence-electron chi connectivity index (χ3n) is 4.67. The predicted octanol–water partition coefficient (Wildman–Crippen LogP) is 2.53. The summed E-state index contributed by atoms with van der Waals surface area (Å²) in [6, 6.07) is 0. The first-order valence-corrected chi connectivity index (χ1v) is 8.16. The Bertz CT molecular complexity index is 339. The SMILES string of the molecule is CCC1(C)NC(CC(C)C)N(CC2CCCCO2)C1=O. The van der Waals surface area contributed by atoms with Crippen molar-refractivity contribution in [3.8, 4) is 0 Å². The number of carbonyl (C=O) groups excluding carboxylic acids is 1. The lowest BCUT2D eigenvalue weighted by molar-refractivity contribution is -0.135. The van der Waals surface area contributed by atoms with E-state index in [0.717, 1.165) is 38.8 Å². The van der Waals surface area contributed by atoms with Gasteiger partial charge in [0.2, 0.25) is 5.91 Å². The molecule has 0 aromatic carbocycles. The van der Waals surface area contributed by atoms with Gasteiger partial charge >= 0.3 is 0 Å². The Morgan fingerprint density at radius 1 is 1.45 bits per heavy atom. The topological polar surface area (TPSA) is 41.6 Å². The lowest BCUT2D eigenvalue weighted by Gasteiger charge is -2.31. The van der Waals surface area contributed by atoms with Crippen molar-refractivity contribution < 1.29 is 9.53 Å². The summed E-state index contributed by atoms with van der Waals surface area (Å²) < 4.78 is 5.82. The number of nitrogens with one attached hydrogen (secondary N) is 1. The normalized spacial score (nSPS) is 35.0. The smallest absolute Gasteiger partial charge is 0.243 e. The summed E-state index contributed by atoms with van der Waals surface area (Å²) in [7, 11) is 0. The fraction of sp³-hybridized carbons (Fsp3) is 0.938. The van der Waals surface area contributed by atoms with E-state index in [0.29, 0.717) is 5.92 Å². The van der Waals surface area contributed by atoms with E-state index < -0.39 is 5.54 Å². The van der Waals surface area contributed by atoms with E-state index in [1.54, 1.807) is 0 Å². The molecular weight excluding hydrogens is 252 g/mol. The van der Waals surface area contributed by atoms with Gasteiger partial charge < -0.3 is 9.64 Å². The van der Waals surface area contributed by atoms with Gasteiger partial charge in [-0.1, -0.05) is 20.8 Å². The van der Waals surface area contributed by atoms with Gasteiger partial charge in [-0.25, -0.2) is 0 Å². The first kappa shape index (κ1) is 15.8. The van der Waals surface area contributed by atoms with Gasteiger partial charge in [0.05, 0.1) is 17.8 Å². The first-order valence-electron chi connectivity index (χ1n) is 8.16. The molecule has 1 N–H and O–H groups in total. The molecule has 2 fully saturated rings. The highest BCUT2D eigenvalue weighted by molar-refractivity contribution is 5.88. The predicted molar refractivity (Wildman–Crippen MR) is 80.4 cm³/mol. The third-order valence-corrected chi connectivity index (χ3v) is 4.67. The molecule has 0 saturated carbocycles. The van der Waals surface area contributed by atoms with E-state index in [-0.39, 0.29) is 18.2 Å². The Labute approximate surface area is 123 Å². The Kier molecular flexibility index (Phi) is 5.08. The number of nitrogens with zero attached hydrogens (tertiary/aromatic N) is 1. The summed E-state index contributed by atoms with van der Waals surface area (Å²) in [4.78, 5) is 14.8. The number of carbonyl (C=O) groups is 1. The average molecular weight is 282 g/mol. The maximum absolute atomic E-state index is 12.7. The summed E-state index contributed by atoms with van der Waals surface area (Å²) in [5, 5.41) is 3.56. The second-order valence-corrected chi connectivity index (χ2v) is 6.92. The second kappa shape index (κ2) is 6.44. The van der Waals surface area contributed by atoms with Gasteiger partial charge in [-0.15, -0.1) is 0 Å². The quantitative estimate of drug-likeness (QED) is 0.842. The van der Waals surface area contributed by atoms with Gasteiger partial charge in [-0.05, 0) is 44.9 Å². The zero-order chi connectivity index (χ0) is 14.8. The van der Waals surface area contributed by atoms with Crippen LogP contribution in [-0.4, -0.2) is 41.8 Å². The van der Waals surface area contributed by atoms with Crippen LogP contribution in [0.25, 0.3) is 0 Å². The Hall–Kier alpha value is -0.610.